The lowest BCUT2D eigenvalue weighted by Crippen LogP contribution is -1.94. The van der Waals surface area contributed by atoms with Crippen molar-refractivity contribution in [3.8, 4) is 11.3 Å². The first-order valence-corrected chi connectivity index (χ1v) is 4.92. The van der Waals surface area contributed by atoms with E-state index in [9.17, 15) is 4.79 Å². The molecule has 0 fully saturated rings. The number of rotatable bonds is 1. The molecule has 72 valence electrons. The van der Waals surface area contributed by atoms with Crippen molar-refractivity contribution in [3.05, 3.63) is 45.0 Å². The fourth-order valence-electron chi connectivity index (χ4n) is 1.31. The topological polar surface area (TPSA) is 46.0 Å². The number of oxazole rings is 1. The summed E-state index contributed by atoms with van der Waals surface area (Å²) in [7, 11) is 0. The van der Waals surface area contributed by atoms with E-state index in [0.29, 0.717) is 5.76 Å². The van der Waals surface area contributed by atoms with Crippen molar-refractivity contribution in [3.63, 3.8) is 0 Å². The normalized spacial score (nSPS) is 10.4. The molecule has 0 amide bonds. The van der Waals surface area contributed by atoms with Gasteiger partial charge in [-0.05, 0) is 19.1 Å². The summed E-state index contributed by atoms with van der Waals surface area (Å²) < 4.78 is 5.98. The molecule has 0 saturated heterocycles. The van der Waals surface area contributed by atoms with Crippen molar-refractivity contribution in [2.24, 2.45) is 0 Å². The molecule has 2 rings (SSSR count). The maximum Gasteiger partial charge on any atom is 0.417 e. The third-order valence-corrected chi connectivity index (χ3v) is 2.40. The summed E-state index contributed by atoms with van der Waals surface area (Å²) in [5.41, 5.74) is 1.63. The first-order valence-electron chi connectivity index (χ1n) is 4.12. The molecule has 0 aliphatic carbocycles. The highest BCUT2D eigenvalue weighted by Gasteiger charge is 2.07. The molecule has 0 radical (unpaired) electrons. The van der Waals surface area contributed by atoms with Crippen LogP contribution in [0.3, 0.4) is 0 Å². The Morgan fingerprint density at radius 3 is 2.79 bits per heavy atom. The summed E-state index contributed by atoms with van der Waals surface area (Å²) in [5.74, 6) is 0.175. The van der Waals surface area contributed by atoms with Crippen molar-refractivity contribution in [2.75, 3.05) is 0 Å². The SMILES string of the molecule is Cc1[nH]c(=O)oc1-c1cccc(Br)c1. The van der Waals surface area contributed by atoms with E-state index in [1.807, 2.05) is 24.3 Å². The summed E-state index contributed by atoms with van der Waals surface area (Å²) in [5, 5.41) is 0. The van der Waals surface area contributed by atoms with Crippen LogP contribution in [0.4, 0.5) is 0 Å². The van der Waals surface area contributed by atoms with E-state index < -0.39 is 5.76 Å². The van der Waals surface area contributed by atoms with Gasteiger partial charge in [-0.15, -0.1) is 0 Å². The van der Waals surface area contributed by atoms with E-state index in [0.717, 1.165) is 15.7 Å². The third kappa shape index (κ3) is 1.65. The van der Waals surface area contributed by atoms with Gasteiger partial charge < -0.3 is 4.42 Å². The second kappa shape index (κ2) is 3.46. The monoisotopic (exact) mass is 253 g/mol. The number of aryl methyl sites for hydroxylation is 1. The number of hydrogen-bond donors (Lipinski definition) is 1. The average Bonchev–Trinajstić information content (AvgIpc) is 2.45. The number of H-pyrrole nitrogens is 1. The van der Waals surface area contributed by atoms with E-state index in [1.165, 1.54) is 0 Å². The molecule has 2 aromatic rings. The number of aromatic amines is 1. The molecular formula is C10H8BrNO2. The minimum Gasteiger partial charge on any atom is -0.408 e. The Morgan fingerprint density at radius 2 is 2.21 bits per heavy atom. The molecule has 14 heavy (non-hydrogen) atoms. The Hall–Kier alpha value is -1.29. The number of hydrogen-bond acceptors (Lipinski definition) is 2. The van der Waals surface area contributed by atoms with Crippen LogP contribution in [0.5, 0.6) is 0 Å². The summed E-state index contributed by atoms with van der Waals surface area (Å²) in [6, 6.07) is 7.61. The second-order valence-electron chi connectivity index (χ2n) is 2.98. The van der Waals surface area contributed by atoms with Crippen LogP contribution in [-0.2, 0) is 0 Å². The largest absolute Gasteiger partial charge is 0.417 e. The fraction of sp³-hybridized carbons (Fsp3) is 0.100. The van der Waals surface area contributed by atoms with E-state index >= 15 is 0 Å². The lowest BCUT2D eigenvalue weighted by atomic mass is 10.1. The molecule has 1 N–H and O–H groups in total. The van der Waals surface area contributed by atoms with Gasteiger partial charge in [-0.2, -0.15) is 0 Å². The molecule has 1 aromatic carbocycles. The second-order valence-corrected chi connectivity index (χ2v) is 3.89. The first-order chi connectivity index (χ1) is 6.66. The van der Waals surface area contributed by atoms with Crippen molar-refractivity contribution < 1.29 is 4.42 Å². The maximum atomic E-state index is 10.9. The van der Waals surface area contributed by atoms with Crippen molar-refractivity contribution >= 4 is 15.9 Å². The molecule has 0 aliphatic rings. The quantitative estimate of drug-likeness (QED) is 0.850. The van der Waals surface area contributed by atoms with Crippen LogP contribution < -0.4 is 5.76 Å². The van der Waals surface area contributed by atoms with Crippen molar-refractivity contribution in [1.82, 2.24) is 4.98 Å². The van der Waals surface area contributed by atoms with Gasteiger partial charge in [-0.25, -0.2) is 4.79 Å². The van der Waals surface area contributed by atoms with Crippen LogP contribution in [0, 0.1) is 6.92 Å². The predicted octanol–water partition coefficient (Wildman–Crippen LogP) is 2.71. The van der Waals surface area contributed by atoms with Crippen molar-refractivity contribution in [1.29, 1.82) is 0 Å². The van der Waals surface area contributed by atoms with Crippen LogP contribution in [0.2, 0.25) is 0 Å². The van der Waals surface area contributed by atoms with E-state index in [1.54, 1.807) is 6.92 Å². The molecule has 0 unspecified atom stereocenters. The molecule has 0 spiro atoms. The minimum atomic E-state index is -0.419. The lowest BCUT2D eigenvalue weighted by molar-refractivity contribution is 0.528. The maximum absolute atomic E-state index is 10.9. The smallest absolute Gasteiger partial charge is 0.408 e. The molecule has 4 heteroatoms. The molecular weight excluding hydrogens is 246 g/mol. The lowest BCUT2D eigenvalue weighted by Gasteiger charge is -1.97. The molecule has 0 bridgehead atoms. The Labute approximate surface area is 88.9 Å². The Balaban J connectivity index is 2.59. The fourth-order valence-corrected chi connectivity index (χ4v) is 1.71. The van der Waals surface area contributed by atoms with Gasteiger partial charge in [0.15, 0.2) is 5.76 Å². The van der Waals surface area contributed by atoms with Gasteiger partial charge in [0.05, 0.1) is 5.69 Å². The first kappa shape index (κ1) is 9.27. The highest BCUT2D eigenvalue weighted by atomic mass is 79.9. The van der Waals surface area contributed by atoms with Gasteiger partial charge in [-0.3, -0.25) is 4.98 Å². The van der Waals surface area contributed by atoms with Gasteiger partial charge in [-0.1, -0.05) is 28.1 Å². The summed E-state index contributed by atoms with van der Waals surface area (Å²) in [6.45, 7) is 1.81. The molecule has 0 aliphatic heterocycles. The number of benzene rings is 1. The van der Waals surface area contributed by atoms with Gasteiger partial charge >= 0.3 is 5.76 Å². The third-order valence-electron chi connectivity index (χ3n) is 1.91. The summed E-state index contributed by atoms with van der Waals surface area (Å²) >= 11 is 3.36. The summed E-state index contributed by atoms with van der Waals surface area (Å²) in [4.78, 5) is 13.5. The standard InChI is InChI=1S/C10H8BrNO2/c1-6-9(14-10(13)12-6)7-3-2-4-8(11)5-7/h2-5H,1H3,(H,12,13). The van der Waals surface area contributed by atoms with Gasteiger partial charge in [0.25, 0.3) is 0 Å². The van der Waals surface area contributed by atoms with Crippen molar-refractivity contribution in [2.45, 2.75) is 6.92 Å². The predicted molar refractivity (Wildman–Crippen MR) is 57.2 cm³/mol. The zero-order valence-corrected chi connectivity index (χ0v) is 9.09. The van der Waals surface area contributed by atoms with Crippen LogP contribution >= 0.6 is 15.9 Å². The minimum absolute atomic E-state index is 0.419. The molecule has 1 heterocycles. The van der Waals surface area contributed by atoms with Crippen LogP contribution in [-0.4, -0.2) is 4.98 Å². The van der Waals surface area contributed by atoms with E-state index in [-0.39, 0.29) is 0 Å². The van der Waals surface area contributed by atoms with Crippen LogP contribution in [0.1, 0.15) is 5.69 Å². The zero-order chi connectivity index (χ0) is 10.1. The molecule has 0 saturated carbocycles. The van der Waals surface area contributed by atoms with Crippen LogP contribution in [0.15, 0.2) is 37.9 Å². The van der Waals surface area contributed by atoms with Crippen LogP contribution in [0.25, 0.3) is 11.3 Å². The van der Waals surface area contributed by atoms with Gasteiger partial charge in [0.2, 0.25) is 0 Å². The molecule has 3 nitrogen and oxygen atoms in total. The summed E-state index contributed by atoms with van der Waals surface area (Å²) in [6.07, 6.45) is 0. The highest BCUT2D eigenvalue weighted by molar-refractivity contribution is 9.10. The Bertz CT molecular complexity index is 513. The highest BCUT2D eigenvalue weighted by Crippen LogP contribution is 2.23. The molecule has 0 atom stereocenters. The molecule has 1 aromatic heterocycles. The average molecular weight is 254 g/mol. The number of halogens is 1. The van der Waals surface area contributed by atoms with E-state index in [4.69, 9.17) is 4.42 Å². The number of aromatic nitrogens is 1. The zero-order valence-electron chi connectivity index (χ0n) is 7.50. The number of nitrogens with one attached hydrogen (secondary N) is 1. The van der Waals surface area contributed by atoms with Gasteiger partial charge in [0, 0.05) is 10.0 Å². The van der Waals surface area contributed by atoms with Gasteiger partial charge in [0.1, 0.15) is 0 Å². The van der Waals surface area contributed by atoms with E-state index in [2.05, 4.69) is 20.9 Å². The Morgan fingerprint density at radius 1 is 1.43 bits per heavy atom. The Kier molecular flexibility index (Phi) is 2.29.